The lowest BCUT2D eigenvalue weighted by atomic mass is 9.97. The second-order valence-corrected chi connectivity index (χ2v) is 5.80. The van der Waals surface area contributed by atoms with E-state index in [9.17, 15) is 9.59 Å². The Bertz CT molecular complexity index is 514. The molecule has 3 rings (SSSR count). The van der Waals surface area contributed by atoms with Crippen molar-refractivity contribution in [1.82, 2.24) is 10.2 Å². The van der Waals surface area contributed by atoms with E-state index in [0.717, 1.165) is 24.9 Å². The summed E-state index contributed by atoms with van der Waals surface area (Å²) < 4.78 is 0. The molecule has 0 aromatic heterocycles. The zero-order valence-electron chi connectivity index (χ0n) is 11.7. The van der Waals surface area contributed by atoms with Crippen LogP contribution in [0.4, 0.5) is 0 Å². The highest BCUT2D eigenvalue weighted by Gasteiger charge is 2.43. The van der Waals surface area contributed by atoms with Crippen molar-refractivity contribution in [3.05, 3.63) is 35.9 Å². The standard InChI is InChI=1S/C16H20N2O2/c1-11-9-13(7-8-17-11)18-15(19)10-14(16(18)20)12-5-3-2-4-6-12/h2-6,11,13-14,17H,7-10H2,1H3. The first-order valence-electron chi connectivity index (χ1n) is 7.31. The van der Waals surface area contributed by atoms with E-state index in [1.807, 2.05) is 30.3 Å². The van der Waals surface area contributed by atoms with Crippen LogP contribution in [0.25, 0.3) is 0 Å². The van der Waals surface area contributed by atoms with Crippen LogP contribution in [-0.2, 0) is 9.59 Å². The molecule has 2 heterocycles. The van der Waals surface area contributed by atoms with Gasteiger partial charge >= 0.3 is 0 Å². The zero-order valence-corrected chi connectivity index (χ0v) is 11.7. The maximum Gasteiger partial charge on any atom is 0.237 e. The van der Waals surface area contributed by atoms with E-state index >= 15 is 0 Å². The first-order chi connectivity index (χ1) is 9.66. The smallest absolute Gasteiger partial charge is 0.237 e. The molecular weight excluding hydrogens is 252 g/mol. The van der Waals surface area contributed by atoms with Gasteiger partial charge < -0.3 is 5.32 Å². The molecule has 3 atom stereocenters. The molecule has 106 valence electrons. The fraction of sp³-hybridized carbons (Fsp3) is 0.500. The molecule has 0 bridgehead atoms. The summed E-state index contributed by atoms with van der Waals surface area (Å²) in [7, 11) is 0. The van der Waals surface area contributed by atoms with Crippen molar-refractivity contribution in [2.24, 2.45) is 0 Å². The summed E-state index contributed by atoms with van der Waals surface area (Å²) in [5.41, 5.74) is 0.954. The molecule has 1 aromatic rings. The van der Waals surface area contributed by atoms with Crippen LogP contribution < -0.4 is 5.32 Å². The number of rotatable bonds is 2. The van der Waals surface area contributed by atoms with E-state index in [1.54, 1.807) is 0 Å². The summed E-state index contributed by atoms with van der Waals surface area (Å²) in [4.78, 5) is 26.4. The van der Waals surface area contributed by atoms with Gasteiger partial charge in [0.05, 0.1) is 5.92 Å². The molecule has 1 N–H and O–H groups in total. The minimum absolute atomic E-state index is 0.0112. The zero-order chi connectivity index (χ0) is 14.1. The summed E-state index contributed by atoms with van der Waals surface area (Å²) in [6.07, 6.45) is 2.05. The molecule has 4 nitrogen and oxygen atoms in total. The molecule has 0 radical (unpaired) electrons. The van der Waals surface area contributed by atoms with Gasteiger partial charge in [-0.1, -0.05) is 30.3 Å². The molecule has 4 heteroatoms. The Morgan fingerprint density at radius 3 is 2.65 bits per heavy atom. The number of imide groups is 1. The molecular formula is C16H20N2O2. The van der Waals surface area contributed by atoms with Gasteiger partial charge in [-0.25, -0.2) is 0 Å². The van der Waals surface area contributed by atoms with E-state index in [4.69, 9.17) is 0 Å². The Hall–Kier alpha value is -1.68. The van der Waals surface area contributed by atoms with E-state index < -0.39 is 0 Å². The predicted molar refractivity (Wildman–Crippen MR) is 76.1 cm³/mol. The van der Waals surface area contributed by atoms with Gasteiger partial charge in [0.15, 0.2) is 0 Å². The fourth-order valence-electron chi connectivity index (χ4n) is 3.32. The lowest BCUT2D eigenvalue weighted by Crippen LogP contribution is -2.49. The molecule has 0 aliphatic carbocycles. The van der Waals surface area contributed by atoms with Crippen molar-refractivity contribution in [3.8, 4) is 0 Å². The number of amides is 2. The molecule has 2 saturated heterocycles. The Morgan fingerprint density at radius 2 is 1.95 bits per heavy atom. The minimum Gasteiger partial charge on any atom is -0.314 e. The number of likely N-dealkylation sites (tertiary alicyclic amines) is 1. The van der Waals surface area contributed by atoms with Crippen LogP contribution in [0.5, 0.6) is 0 Å². The molecule has 1 aromatic carbocycles. The molecule has 2 fully saturated rings. The van der Waals surface area contributed by atoms with Gasteiger partial charge in [0.25, 0.3) is 0 Å². The lowest BCUT2D eigenvalue weighted by molar-refractivity contribution is -0.142. The number of nitrogens with zero attached hydrogens (tertiary/aromatic N) is 1. The number of nitrogens with one attached hydrogen (secondary N) is 1. The van der Waals surface area contributed by atoms with Gasteiger partial charge in [0.2, 0.25) is 11.8 Å². The number of hydrogen-bond donors (Lipinski definition) is 1. The highest BCUT2D eigenvalue weighted by atomic mass is 16.2. The highest BCUT2D eigenvalue weighted by molar-refractivity contribution is 6.06. The highest BCUT2D eigenvalue weighted by Crippen LogP contribution is 2.32. The van der Waals surface area contributed by atoms with Crippen LogP contribution in [0.1, 0.15) is 37.7 Å². The third kappa shape index (κ3) is 2.36. The molecule has 20 heavy (non-hydrogen) atoms. The van der Waals surface area contributed by atoms with E-state index in [2.05, 4.69) is 12.2 Å². The quantitative estimate of drug-likeness (QED) is 0.833. The molecule has 3 unspecified atom stereocenters. The largest absolute Gasteiger partial charge is 0.314 e. The second-order valence-electron chi connectivity index (χ2n) is 5.80. The van der Waals surface area contributed by atoms with Gasteiger partial charge in [-0.15, -0.1) is 0 Å². The summed E-state index contributed by atoms with van der Waals surface area (Å²) >= 11 is 0. The van der Waals surface area contributed by atoms with Gasteiger partial charge in [-0.05, 0) is 31.9 Å². The van der Waals surface area contributed by atoms with Crippen LogP contribution >= 0.6 is 0 Å². The van der Waals surface area contributed by atoms with Crippen molar-refractivity contribution >= 4 is 11.8 Å². The van der Waals surface area contributed by atoms with Crippen LogP contribution in [-0.4, -0.2) is 35.3 Å². The third-order valence-electron chi connectivity index (χ3n) is 4.35. The van der Waals surface area contributed by atoms with Crippen molar-refractivity contribution in [1.29, 1.82) is 0 Å². The number of piperidine rings is 1. The van der Waals surface area contributed by atoms with Crippen molar-refractivity contribution in [2.75, 3.05) is 6.54 Å². The normalized spacial score (nSPS) is 30.9. The first-order valence-corrected chi connectivity index (χ1v) is 7.31. The molecule has 0 saturated carbocycles. The maximum absolute atomic E-state index is 12.6. The first kappa shape index (κ1) is 13.3. The van der Waals surface area contributed by atoms with Gasteiger partial charge in [-0.2, -0.15) is 0 Å². The Balaban J connectivity index is 1.80. The van der Waals surface area contributed by atoms with Crippen molar-refractivity contribution < 1.29 is 9.59 Å². The number of benzene rings is 1. The van der Waals surface area contributed by atoms with Crippen LogP contribution in [0, 0.1) is 0 Å². The Morgan fingerprint density at radius 1 is 1.20 bits per heavy atom. The molecule has 2 amide bonds. The third-order valence-corrected chi connectivity index (χ3v) is 4.35. The topological polar surface area (TPSA) is 49.4 Å². The Labute approximate surface area is 119 Å². The maximum atomic E-state index is 12.6. The second kappa shape index (κ2) is 5.37. The van der Waals surface area contributed by atoms with Crippen LogP contribution in [0.3, 0.4) is 0 Å². The van der Waals surface area contributed by atoms with Crippen molar-refractivity contribution in [3.63, 3.8) is 0 Å². The van der Waals surface area contributed by atoms with Gasteiger partial charge in [0.1, 0.15) is 0 Å². The molecule has 2 aliphatic heterocycles. The number of carbonyl (C=O) groups excluding carboxylic acids is 2. The SMILES string of the molecule is CC1CC(N2C(=O)CC(c3ccccc3)C2=O)CCN1. The minimum atomic E-state index is -0.283. The van der Waals surface area contributed by atoms with Gasteiger partial charge in [-0.3, -0.25) is 14.5 Å². The monoisotopic (exact) mass is 272 g/mol. The summed E-state index contributed by atoms with van der Waals surface area (Å²) in [5, 5.41) is 3.36. The Kier molecular flexibility index (Phi) is 3.57. The van der Waals surface area contributed by atoms with Crippen molar-refractivity contribution in [2.45, 2.75) is 44.2 Å². The summed E-state index contributed by atoms with van der Waals surface area (Å²) in [6.45, 7) is 2.98. The van der Waals surface area contributed by atoms with Crippen LogP contribution in [0.2, 0.25) is 0 Å². The fourth-order valence-corrected chi connectivity index (χ4v) is 3.32. The predicted octanol–water partition coefficient (Wildman–Crippen LogP) is 1.67. The van der Waals surface area contributed by atoms with E-state index in [0.29, 0.717) is 12.5 Å². The van der Waals surface area contributed by atoms with E-state index in [1.165, 1.54) is 4.90 Å². The number of hydrogen-bond acceptors (Lipinski definition) is 3. The summed E-state index contributed by atoms with van der Waals surface area (Å²) in [6, 6.07) is 10.1. The average Bonchev–Trinajstić information content (AvgIpc) is 2.75. The number of carbonyl (C=O) groups is 2. The molecule has 0 spiro atoms. The van der Waals surface area contributed by atoms with Crippen LogP contribution in [0.15, 0.2) is 30.3 Å². The van der Waals surface area contributed by atoms with E-state index in [-0.39, 0.29) is 23.8 Å². The average molecular weight is 272 g/mol. The molecule has 2 aliphatic rings. The van der Waals surface area contributed by atoms with Gasteiger partial charge in [0, 0.05) is 18.5 Å². The lowest BCUT2D eigenvalue weighted by Gasteiger charge is -2.33. The summed E-state index contributed by atoms with van der Waals surface area (Å²) in [5.74, 6) is -0.308.